The maximum atomic E-state index is 13.2. The molecule has 1 aromatic carbocycles. The van der Waals surface area contributed by atoms with Gasteiger partial charge in [0.15, 0.2) is 0 Å². The molecule has 0 radical (unpaired) electrons. The molecule has 1 saturated heterocycles. The third-order valence-electron chi connectivity index (χ3n) is 4.80. The molecule has 0 bridgehead atoms. The largest absolute Gasteiger partial charge is 0.355 e. The Bertz CT molecular complexity index is 950. The van der Waals surface area contributed by atoms with Gasteiger partial charge in [-0.2, -0.15) is 9.97 Å². The predicted molar refractivity (Wildman–Crippen MR) is 111 cm³/mol. The molecular weight excluding hydrogens is 371 g/mol. The smallest absolute Gasteiger partial charge is 0.227 e. The van der Waals surface area contributed by atoms with Gasteiger partial charge in [-0.3, -0.25) is 4.98 Å². The van der Waals surface area contributed by atoms with E-state index in [1.54, 1.807) is 30.7 Å². The molecule has 0 aliphatic carbocycles. The van der Waals surface area contributed by atoms with Crippen molar-refractivity contribution in [2.24, 2.45) is 5.73 Å². The summed E-state index contributed by atoms with van der Waals surface area (Å²) in [7, 11) is 0. The Labute approximate surface area is 168 Å². The van der Waals surface area contributed by atoms with Crippen molar-refractivity contribution < 1.29 is 4.39 Å². The van der Waals surface area contributed by atoms with Crippen LogP contribution < -0.4 is 21.3 Å². The highest BCUT2D eigenvalue weighted by Gasteiger charge is 2.22. The van der Waals surface area contributed by atoms with Crippen molar-refractivity contribution in [1.29, 1.82) is 0 Å². The standard InChI is InChI=1S/C20H23FN8/c1-13(14-2-4-15(21)5-3-14)25-20-27-17(26-18-11-23-7-8-24-18)10-19(28-20)29-9-6-16(22)12-29/h2-5,7-8,10-11,13,16H,6,9,12,22H2,1H3,(H2,24,25,26,27,28)/t13-,16?/m0/s1. The van der Waals surface area contributed by atoms with Gasteiger partial charge < -0.3 is 21.3 Å². The molecule has 2 aromatic heterocycles. The summed E-state index contributed by atoms with van der Waals surface area (Å²) >= 11 is 0. The highest BCUT2D eigenvalue weighted by molar-refractivity contribution is 5.59. The molecule has 8 nitrogen and oxygen atoms in total. The van der Waals surface area contributed by atoms with E-state index in [4.69, 9.17) is 5.73 Å². The van der Waals surface area contributed by atoms with Gasteiger partial charge in [0, 0.05) is 37.6 Å². The summed E-state index contributed by atoms with van der Waals surface area (Å²) < 4.78 is 13.2. The van der Waals surface area contributed by atoms with Crippen LogP contribution in [0.2, 0.25) is 0 Å². The monoisotopic (exact) mass is 394 g/mol. The van der Waals surface area contributed by atoms with E-state index < -0.39 is 0 Å². The molecule has 4 rings (SSSR count). The van der Waals surface area contributed by atoms with Crippen molar-refractivity contribution in [3.63, 3.8) is 0 Å². The second-order valence-corrected chi connectivity index (χ2v) is 7.06. The van der Waals surface area contributed by atoms with Crippen LogP contribution >= 0.6 is 0 Å². The molecule has 1 aliphatic heterocycles. The number of halogens is 1. The first-order chi connectivity index (χ1) is 14.1. The van der Waals surface area contributed by atoms with E-state index in [9.17, 15) is 4.39 Å². The van der Waals surface area contributed by atoms with Crippen molar-refractivity contribution >= 4 is 23.4 Å². The highest BCUT2D eigenvalue weighted by atomic mass is 19.1. The lowest BCUT2D eigenvalue weighted by Crippen LogP contribution is -2.27. The Balaban J connectivity index is 1.60. The zero-order chi connectivity index (χ0) is 20.2. The fraction of sp³-hybridized carbons (Fsp3) is 0.300. The number of rotatable bonds is 6. The summed E-state index contributed by atoms with van der Waals surface area (Å²) in [6.07, 6.45) is 5.77. The van der Waals surface area contributed by atoms with Gasteiger partial charge in [-0.25, -0.2) is 9.37 Å². The second-order valence-electron chi connectivity index (χ2n) is 7.06. The molecule has 0 amide bonds. The van der Waals surface area contributed by atoms with Crippen LogP contribution in [0.25, 0.3) is 0 Å². The highest BCUT2D eigenvalue weighted by Crippen LogP contribution is 2.25. The fourth-order valence-corrected chi connectivity index (χ4v) is 3.24. The summed E-state index contributed by atoms with van der Waals surface area (Å²) in [6.45, 7) is 3.56. The van der Waals surface area contributed by atoms with Crippen LogP contribution in [-0.2, 0) is 0 Å². The Hall–Kier alpha value is -3.33. The molecule has 3 heterocycles. The number of aromatic nitrogens is 4. The minimum atomic E-state index is -0.264. The van der Waals surface area contributed by atoms with Crippen LogP contribution in [0.15, 0.2) is 48.9 Å². The van der Waals surface area contributed by atoms with E-state index >= 15 is 0 Å². The molecule has 3 aromatic rings. The molecule has 1 fully saturated rings. The Kier molecular flexibility index (Phi) is 5.48. The van der Waals surface area contributed by atoms with E-state index in [1.165, 1.54) is 12.1 Å². The topological polar surface area (TPSA) is 105 Å². The van der Waals surface area contributed by atoms with E-state index in [0.717, 1.165) is 30.9 Å². The summed E-state index contributed by atoms with van der Waals surface area (Å²) in [5.41, 5.74) is 7.00. The number of hydrogen-bond acceptors (Lipinski definition) is 8. The Morgan fingerprint density at radius 3 is 2.69 bits per heavy atom. The van der Waals surface area contributed by atoms with Gasteiger partial charge in [0.2, 0.25) is 5.95 Å². The van der Waals surface area contributed by atoms with Crippen LogP contribution in [-0.4, -0.2) is 39.1 Å². The lowest BCUT2D eigenvalue weighted by Gasteiger charge is -2.20. The van der Waals surface area contributed by atoms with Gasteiger partial charge in [-0.05, 0) is 31.0 Å². The third-order valence-corrected chi connectivity index (χ3v) is 4.80. The summed E-state index contributed by atoms with van der Waals surface area (Å²) in [6, 6.07) is 8.28. The molecule has 0 spiro atoms. The minimum Gasteiger partial charge on any atom is -0.355 e. The van der Waals surface area contributed by atoms with Gasteiger partial charge in [0.05, 0.1) is 12.2 Å². The van der Waals surface area contributed by atoms with Crippen LogP contribution in [0.4, 0.5) is 27.8 Å². The van der Waals surface area contributed by atoms with Crippen molar-refractivity contribution in [1.82, 2.24) is 19.9 Å². The lowest BCUT2D eigenvalue weighted by atomic mass is 10.1. The van der Waals surface area contributed by atoms with Crippen LogP contribution in [0.5, 0.6) is 0 Å². The van der Waals surface area contributed by atoms with E-state index in [2.05, 4.69) is 35.5 Å². The maximum Gasteiger partial charge on any atom is 0.227 e. The summed E-state index contributed by atoms with van der Waals surface area (Å²) in [5.74, 6) is 2.18. The fourth-order valence-electron chi connectivity index (χ4n) is 3.24. The van der Waals surface area contributed by atoms with E-state index in [0.29, 0.717) is 17.6 Å². The molecule has 9 heteroatoms. The quantitative estimate of drug-likeness (QED) is 0.586. The predicted octanol–water partition coefficient (Wildman–Crippen LogP) is 2.86. The number of anilines is 4. The van der Waals surface area contributed by atoms with Gasteiger partial charge in [-0.15, -0.1) is 0 Å². The van der Waals surface area contributed by atoms with Crippen molar-refractivity contribution in [2.45, 2.75) is 25.4 Å². The lowest BCUT2D eigenvalue weighted by molar-refractivity contribution is 0.626. The normalized spacial score (nSPS) is 17.2. The first kappa shape index (κ1) is 19.0. The van der Waals surface area contributed by atoms with E-state index in [-0.39, 0.29) is 17.9 Å². The average molecular weight is 394 g/mol. The van der Waals surface area contributed by atoms with E-state index in [1.807, 2.05) is 13.0 Å². The molecule has 150 valence electrons. The molecule has 1 aliphatic rings. The van der Waals surface area contributed by atoms with Gasteiger partial charge >= 0.3 is 0 Å². The molecule has 4 N–H and O–H groups in total. The summed E-state index contributed by atoms with van der Waals surface area (Å²) in [5, 5.41) is 6.47. The molecule has 1 unspecified atom stereocenters. The minimum absolute atomic E-state index is 0.101. The van der Waals surface area contributed by atoms with Crippen molar-refractivity contribution in [3.8, 4) is 0 Å². The van der Waals surface area contributed by atoms with Crippen molar-refractivity contribution in [2.75, 3.05) is 28.6 Å². The SMILES string of the molecule is C[C@H](Nc1nc(Nc2cnccn2)cc(N2CCC(N)C2)n1)c1ccc(F)cc1. The first-order valence-corrected chi connectivity index (χ1v) is 9.51. The third kappa shape index (κ3) is 4.75. The molecule has 29 heavy (non-hydrogen) atoms. The molecular formula is C20H23FN8. The first-order valence-electron chi connectivity index (χ1n) is 9.51. The maximum absolute atomic E-state index is 13.2. The van der Waals surface area contributed by atoms with Gasteiger partial charge in [0.25, 0.3) is 0 Å². The summed E-state index contributed by atoms with van der Waals surface area (Å²) in [4.78, 5) is 19.7. The van der Waals surface area contributed by atoms with Crippen LogP contribution in [0.3, 0.4) is 0 Å². The second kappa shape index (κ2) is 8.36. The number of hydrogen-bond donors (Lipinski definition) is 3. The van der Waals surface area contributed by atoms with Gasteiger partial charge in [-0.1, -0.05) is 12.1 Å². The number of nitrogens with one attached hydrogen (secondary N) is 2. The number of nitrogens with zero attached hydrogens (tertiary/aromatic N) is 5. The molecule has 0 saturated carbocycles. The zero-order valence-corrected chi connectivity index (χ0v) is 16.1. The Morgan fingerprint density at radius 2 is 2.00 bits per heavy atom. The average Bonchev–Trinajstić information content (AvgIpc) is 3.15. The molecule has 2 atom stereocenters. The zero-order valence-electron chi connectivity index (χ0n) is 16.1. The Morgan fingerprint density at radius 1 is 1.17 bits per heavy atom. The van der Waals surface area contributed by atoms with Crippen LogP contribution in [0, 0.1) is 5.82 Å². The van der Waals surface area contributed by atoms with Gasteiger partial charge in [0.1, 0.15) is 23.3 Å². The number of nitrogens with two attached hydrogens (primary N) is 1. The van der Waals surface area contributed by atoms with Crippen LogP contribution in [0.1, 0.15) is 24.9 Å². The number of benzene rings is 1. The van der Waals surface area contributed by atoms with Crippen molar-refractivity contribution in [3.05, 3.63) is 60.3 Å².